The number of nitrogens with zero attached hydrogens (tertiary/aromatic N) is 1. The van der Waals surface area contributed by atoms with Crippen LogP contribution in [0.3, 0.4) is 0 Å². The van der Waals surface area contributed by atoms with Gasteiger partial charge in [-0.15, -0.1) is 0 Å². The molecule has 2 N–H and O–H groups in total. The van der Waals surface area contributed by atoms with Crippen LogP contribution in [0.1, 0.15) is 32.3 Å². The Morgan fingerprint density at radius 3 is 2.50 bits per heavy atom. The van der Waals surface area contributed by atoms with Crippen LogP contribution >= 0.6 is 0 Å². The second-order valence-corrected chi connectivity index (χ2v) is 5.39. The van der Waals surface area contributed by atoms with Crippen molar-refractivity contribution in [2.45, 2.75) is 45.2 Å². The van der Waals surface area contributed by atoms with Crippen LogP contribution in [0.15, 0.2) is 24.3 Å². The van der Waals surface area contributed by atoms with Gasteiger partial charge >= 0.3 is 0 Å². The third-order valence-electron chi connectivity index (χ3n) is 3.85. The van der Waals surface area contributed by atoms with Gasteiger partial charge < -0.3 is 10.6 Å². The predicted octanol–water partition coefficient (Wildman–Crippen LogP) is 2.70. The molecule has 0 saturated carbocycles. The number of rotatable bonds is 1. The number of benzene rings is 1. The van der Waals surface area contributed by atoms with Crippen molar-refractivity contribution in [3.8, 4) is 0 Å². The molecule has 2 nitrogen and oxygen atoms in total. The summed E-state index contributed by atoms with van der Waals surface area (Å²) in [5.74, 6) is 0. The topological polar surface area (TPSA) is 29.3 Å². The summed E-state index contributed by atoms with van der Waals surface area (Å²) >= 11 is 0. The Morgan fingerprint density at radius 1 is 1.25 bits per heavy atom. The molecule has 1 saturated heterocycles. The first kappa shape index (κ1) is 11.5. The fraction of sp³-hybridized carbons (Fsp3) is 0.571. The average Bonchev–Trinajstić information content (AvgIpc) is 2.24. The molecule has 1 atom stereocenters. The lowest BCUT2D eigenvalue weighted by Crippen LogP contribution is -2.59. The number of hydrogen-bond acceptors (Lipinski definition) is 2. The summed E-state index contributed by atoms with van der Waals surface area (Å²) in [6.45, 7) is 7.73. The van der Waals surface area contributed by atoms with Crippen molar-refractivity contribution in [2.75, 3.05) is 11.4 Å². The quantitative estimate of drug-likeness (QED) is 0.785. The maximum absolute atomic E-state index is 6.23. The highest BCUT2D eigenvalue weighted by Crippen LogP contribution is 2.31. The van der Waals surface area contributed by atoms with Gasteiger partial charge in [-0.25, -0.2) is 0 Å². The van der Waals surface area contributed by atoms with E-state index in [9.17, 15) is 0 Å². The summed E-state index contributed by atoms with van der Waals surface area (Å²) in [6, 6.07) is 9.02. The molecular formula is C14H22N2. The van der Waals surface area contributed by atoms with Crippen LogP contribution in [0.25, 0.3) is 0 Å². The van der Waals surface area contributed by atoms with Gasteiger partial charge in [0, 0.05) is 23.8 Å². The molecule has 0 spiro atoms. The van der Waals surface area contributed by atoms with E-state index in [1.807, 2.05) is 0 Å². The predicted molar refractivity (Wildman–Crippen MR) is 69.8 cm³/mol. The first-order chi connectivity index (χ1) is 7.51. The first-order valence-electron chi connectivity index (χ1n) is 6.12. The summed E-state index contributed by atoms with van der Waals surface area (Å²) in [5.41, 5.74) is 8.90. The molecule has 1 aliphatic heterocycles. The smallest absolute Gasteiger partial charge is 0.0496 e. The van der Waals surface area contributed by atoms with Gasteiger partial charge in [-0.05, 0) is 45.7 Å². The van der Waals surface area contributed by atoms with Crippen molar-refractivity contribution in [2.24, 2.45) is 5.73 Å². The zero-order valence-electron chi connectivity index (χ0n) is 10.5. The molecule has 1 fully saturated rings. The van der Waals surface area contributed by atoms with Crippen LogP contribution < -0.4 is 10.6 Å². The van der Waals surface area contributed by atoms with E-state index in [1.54, 1.807) is 0 Å². The standard InChI is InChI=1S/C14H22N2/c1-11-6-8-12(9-7-11)16-10-4-5-13(15)14(16,2)3/h6-9,13H,4-5,10,15H2,1-3H3. The molecule has 2 heteroatoms. The molecule has 1 heterocycles. The van der Waals surface area contributed by atoms with Gasteiger partial charge in [-0.1, -0.05) is 17.7 Å². The molecule has 0 aromatic heterocycles. The first-order valence-corrected chi connectivity index (χ1v) is 6.12. The van der Waals surface area contributed by atoms with Gasteiger partial charge in [0.25, 0.3) is 0 Å². The Bertz CT molecular complexity index is 354. The van der Waals surface area contributed by atoms with Gasteiger partial charge in [0.05, 0.1) is 0 Å². The SMILES string of the molecule is Cc1ccc(N2CCCC(N)C2(C)C)cc1. The highest BCUT2D eigenvalue weighted by molar-refractivity contribution is 5.50. The molecule has 2 rings (SSSR count). The molecule has 0 radical (unpaired) electrons. The van der Waals surface area contributed by atoms with E-state index in [-0.39, 0.29) is 11.6 Å². The zero-order chi connectivity index (χ0) is 11.8. The van der Waals surface area contributed by atoms with E-state index < -0.39 is 0 Å². The molecule has 1 aliphatic rings. The minimum absolute atomic E-state index is 0.0630. The Labute approximate surface area is 98.4 Å². The van der Waals surface area contributed by atoms with Crippen LogP contribution in [0.5, 0.6) is 0 Å². The fourth-order valence-electron chi connectivity index (χ4n) is 2.50. The molecule has 0 aliphatic carbocycles. The monoisotopic (exact) mass is 218 g/mol. The molecule has 1 aromatic carbocycles. The van der Waals surface area contributed by atoms with Crippen LogP contribution in [-0.4, -0.2) is 18.1 Å². The zero-order valence-corrected chi connectivity index (χ0v) is 10.5. The van der Waals surface area contributed by atoms with Gasteiger partial charge in [0.2, 0.25) is 0 Å². The van der Waals surface area contributed by atoms with E-state index in [0.717, 1.165) is 13.0 Å². The summed E-state index contributed by atoms with van der Waals surface area (Å²) in [5, 5.41) is 0. The number of aryl methyl sites for hydroxylation is 1. The maximum atomic E-state index is 6.23. The molecule has 0 bridgehead atoms. The van der Waals surface area contributed by atoms with Gasteiger partial charge in [0.15, 0.2) is 0 Å². The molecule has 1 unspecified atom stereocenters. The lowest BCUT2D eigenvalue weighted by atomic mass is 9.85. The lowest BCUT2D eigenvalue weighted by Gasteiger charge is -2.48. The molecule has 16 heavy (non-hydrogen) atoms. The summed E-state index contributed by atoms with van der Waals surface area (Å²) in [7, 11) is 0. The van der Waals surface area contributed by atoms with Crippen molar-refractivity contribution in [3.05, 3.63) is 29.8 Å². The molecular weight excluding hydrogens is 196 g/mol. The van der Waals surface area contributed by atoms with Crippen molar-refractivity contribution in [1.29, 1.82) is 0 Å². The highest BCUT2D eigenvalue weighted by atomic mass is 15.2. The second-order valence-electron chi connectivity index (χ2n) is 5.39. The fourth-order valence-corrected chi connectivity index (χ4v) is 2.50. The Morgan fingerprint density at radius 2 is 1.88 bits per heavy atom. The van der Waals surface area contributed by atoms with Crippen molar-refractivity contribution in [3.63, 3.8) is 0 Å². The summed E-state index contributed by atoms with van der Waals surface area (Å²) in [4.78, 5) is 2.45. The lowest BCUT2D eigenvalue weighted by molar-refractivity contribution is 0.310. The third kappa shape index (κ3) is 1.94. The Kier molecular flexibility index (Phi) is 2.94. The van der Waals surface area contributed by atoms with Crippen molar-refractivity contribution in [1.82, 2.24) is 0 Å². The van der Waals surface area contributed by atoms with E-state index in [0.29, 0.717) is 0 Å². The number of anilines is 1. The third-order valence-corrected chi connectivity index (χ3v) is 3.85. The van der Waals surface area contributed by atoms with Crippen molar-refractivity contribution >= 4 is 5.69 Å². The second kappa shape index (κ2) is 4.10. The minimum Gasteiger partial charge on any atom is -0.365 e. The maximum Gasteiger partial charge on any atom is 0.0496 e. The van der Waals surface area contributed by atoms with Crippen LogP contribution in [0, 0.1) is 6.92 Å². The van der Waals surface area contributed by atoms with E-state index in [4.69, 9.17) is 5.73 Å². The Balaban J connectivity index is 2.28. The average molecular weight is 218 g/mol. The number of hydrogen-bond donors (Lipinski definition) is 1. The molecule has 1 aromatic rings. The van der Waals surface area contributed by atoms with E-state index >= 15 is 0 Å². The van der Waals surface area contributed by atoms with Gasteiger partial charge in [0.1, 0.15) is 0 Å². The normalized spacial score (nSPS) is 24.5. The van der Waals surface area contributed by atoms with E-state index in [1.165, 1.54) is 17.7 Å². The van der Waals surface area contributed by atoms with Crippen molar-refractivity contribution < 1.29 is 0 Å². The molecule has 0 amide bonds. The number of piperidine rings is 1. The number of nitrogens with two attached hydrogens (primary N) is 1. The van der Waals surface area contributed by atoms with Gasteiger partial charge in [-0.2, -0.15) is 0 Å². The van der Waals surface area contributed by atoms with Crippen LogP contribution in [-0.2, 0) is 0 Å². The van der Waals surface area contributed by atoms with Crippen LogP contribution in [0.4, 0.5) is 5.69 Å². The van der Waals surface area contributed by atoms with E-state index in [2.05, 4.69) is 49.9 Å². The molecule has 88 valence electrons. The summed E-state index contributed by atoms with van der Waals surface area (Å²) < 4.78 is 0. The van der Waals surface area contributed by atoms with Gasteiger partial charge in [-0.3, -0.25) is 0 Å². The minimum atomic E-state index is 0.0630. The Hall–Kier alpha value is -1.02. The summed E-state index contributed by atoms with van der Waals surface area (Å²) in [6.07, 6.45) is 2.33. The van der Waals surface area contributed by atoms with Crippen LogP contribution in [0.2, 0.25) is 0 Å². The largest absolute Gasteiger partial charge is 0.365 e. The highest BCUT2D eigenvalue weighted by Gasteiger charge is 2.36.